The van der Waals surface area contributed by atoms with Crippen LogP contribution in [0.1, 0.15) is 10.4 Å². The molecule has 0 aliphatic rings. The number of hydrogen-bond donors (Lipinski definition) is 0. The van der Waals surface area contributed by atoms with Crippen LogP contribution in [0.3, 0.4) is 0 Å². The third-order valence-electron chi connectivity index (χ3n) is 2.14. The fourth-order valence-corrected chi connectivity index (χ4v) is 1.81. The Balaban J connectivity index is 2.68. The van der Waals surface area contributed by atoms with E-state index in [9.17, 15) is 9.18 Å². The van der Waals surface area contributed by atoms with Gasteiger partial charge in [0.1, 0.15) is 17.3 Å². The topological polar surface area (TPSA) is 42.9 Å². The predicted molar refractivity (Wildman–Crippen MR) is 62.8 cm³/mol. The van der Waals surface area contributed by atoms with Gasteiger partial charge in [0.05, 0.1) is 16.3 Å². The van der Waals surface area contributed by atoms with Crippen molar-refractivity contribution in [3.63, 3.8) is 0 Å². The molecular formula is C11H5Cl2FN2O. The highest BCUT2D eigenvalue weighted by molar-refractivity contribution is 6.34. The molecule has 2 rings (SSSR count). The van der Waals surface area contributed by atoms with Crippen LogP contribution in [0.2, 0.25) is 10.2 Å². The zero-order valence-electron chi connectivity index (χ0n) is 8.32. The van der Waals surface area contributed by atoms with E-state index in [0.29, 0.717) is 11.8 Å². The fraction of sp³-hybridized carbons (Fsp3) is 0. The van der Waals surface area contributed by atoms with Gasteiger partial charge in [-0.15, -0.1) is 0 Å². The van der Waals surface area contributed by atoms with Gasteiger partial charge in [-0.05, 0) is 18.2 Å². The van der Waals surface area contributed by atoms with Crippen molar-refractivity contribution in [3.05, 3.63) is 46.1 Å². The Morgan fingerprint density at radius 3 is 2.65 bits per heavy atom. The lowest BCUT2D eigenvalue weighted by molar-refractivity contribution is 0.112. The zero-order valence-corrected chi connectivity index (χ0v) is 9.84. The highest BCUT2D eigenvalue weighted by atomic mass is 35.5. The van der Waals surface area contributed by atoms with Crippen molar-refractivity contribution in [3.8, 4) is 11.3 Å². The van der Waals surface area contributed by atoms with Gasteiger partial charge >= 0.3 is 0 Å². The number of carbonyl (C=O) groups excluding carboxylic acids is 1. The molecule has 0 unspecified atom stereocenters. The smallest absolute Gasteiger partial charge is 0.155 e. The fourth-order valence-electron chi connectivity index (χ4n) is 1.37. The molecule has 0 fully saturated rings. The maximum absolute atomic E-state index is 12.9. The van der Waals surface area contributed by atoms with Gasteiger partial charge in [0, 0.05) is 5.56 Å². The normalized spacial score (nSPS) is 10.3. The Morgan fingerprint density at radius 1 is 1.24 bits per heavy atom. The molecule has 0 aliphatic heterocycles. The van der Waals surface area contributed by atoms with Gasteiger partial charge in [-0.1, -0.05) is 23.2 Å². The van der Waals surface area contributed by atoms with E-state index in [-0.39, 0.29) is 21.4 Å². The first-order valence-corrected chi connectivity index (χ1v) is 5.30. The number of aromatic nitrogens is 2. The van der Waals surface area contributed by atoms with Crippen LogP contribution in [-0.4, -0.2) is 16.3 Å². The summed E-state index contributed by atoms with van der Waals surface area (Å²) >= 11 is 11.6. The average molecular weight is 271 g/mol. The van der Waals surface area contributed by atoms with E-state index < -0.39 is 5.82 Å². The minimum atomic E-state index is -0.466. The molecule has 0 radical (unpaired) electrons. The molecule has 2 aromatic rings. The minimum Gasteiger partial charge on any atom is -0.298 e. The van der Waals surface area contributed by atoms with Gasteiger partial charge in [0.2, 0.25) is 0 Å². The Labute approximate surface area is 106 Å². The highest BCUT2D eigenvalue weighted by Crippen LogP contribution is 2.30. The molecule has 1 heterocycles. The Morgan fingerprint density at radius 2 is 2.00 bits per heavy atom. The summed E-state index contributed by atoms with van der Waals surface area (Å²) in [6, 6.07) is 3.80. The van der Waals surface area contributed by atoms with E-state index in [1.54, 1.807) is 0 Å². The summed E-state index contributed by atoms with van der Waals surface area (Å²) in [5.41, 5.74) is 0.840. The molecule has 0 saturated carbocycles. The third kappa shape index (κ3) is 2.28. The van der Waals surface area contributed by atoms with Gasteiger partial charge in [0.25, 0.3) is 0 Å². The summed E-state index contributed by atoms with van der Waals surface area (Å²) in [7, 11) is 0. The second-order valence-electron chi connectivity index (χ2n) is 3.17. The number of nitrogens with zero attached hydrogens (tertiary/aromatic N) is 2. The van der Waals surface area contributed by atoms with Crippen LogP contribution in [0.15, 0.2) is 24.5 Å². The van der Waals surface area contributed by atoms with Gasteiger partial charge in [0.15, 0.2) is 6.29 Å². The Hall–Kier alpha value is -1.52. The first kappa shape index (κ1) is 12.0. The van der Waals surface area contributed by atoms with E-state index in [1.807, 2.05) is 0 Å². The van der Waals surface area contributed by atoms with Crippen molar-refractivity contribution in [1.29, 1.82) is 0 Å². The van der Waals surface area contributed by atoms with Crippen LogP contribution in [-0.2, 0) is 0 Å². The second kappa shape index (κ2) is 4.77. The molecular weight excluding hydrogens is 266 g/mol. The number of carbonyl (C=O) groups is 1. The Bertz CT molecular complexity index is 590. The molecule has 86 valence electrons. The van der Waals surface area contributed by atoms with E-state index in [0.717, 1.165) is 6.07 Å². The number of hydrogen-bond acceptors (Lipinski definition) is 3. The van der Waals surface area contributed by atoms with Crippen molar-refractivity contribution in [2.24, 2.45) is 0 Å². The minimum absolute atomic E-state index is 0.0328. The second-order valence-corrected chi connectivity index (χ2v) is 3.93. The molecule has 17 heavy (non-hydrogen) atoms. The first-order chi connectivity index (χ1) is 8.13. The maximum atomic E-state index is 12.9. The molecule has 1 aromatic heterocycles. The van der Waals surface area contributed by atoms with Crippen LogP contribution in [0.5, 0.6) is 0 Å². The third-order valence-corrected chi connectivity index (χ3v) is 2.75. The summed E-state index contributed by atoms with van der Waals surface area (Å²) in [5.74, 6) is -0.466. The van der Waals surface area contributed by atoms with E-state index in [2.05, 4.69) is 9.97 Å². The molecule has 0 bridgehead atoms. The van der Waals surface area contributed by atoms with Gasteiger partial charge in [-0.2, -0.15) is 0 Å². The van der Waals surface area contributed by atoms with Crippen LogP contribution < -0.4 is 0 Å². The van der Waals surface area contributed by atoms with Crippen molar-refractivity contribution in [2.45, 2.75) is 0 Å². The monoisotopic (exact) mass is 270 g/mol. The van der Waals surface area contributed by atoms with Crippen LogP contribution in [0.4, 0.5) is 4.39 Å². The summed E-state index contributed by atoms with van der Waals surface area (Å²) in [4.78, 5) is 18.5. The number of aldehydes is 1. The summed E-state index contributed by atoms with van der Waals surface area (Å²) in [5, 5.41) is 0.188. The maximum Gasteiger partial charge on any atom is 0.155 e. The average Bonchev–Trinajstić information content (AvgIpc) is 2.29. The summed E-state index contributed by atoms with van der Waals surface area (Å²) in [6.45, 7) is 0. The molecule has 6 heteroatoms. The molecule has 0 N–H and O–H groups in total. The quantitative estimate of drug-likeness (QED) is 0.621. The van der Waals surface area contributed by atoms with Crippen molar-refractivity contribution < 1.29 is 9.18 Å². The van der Waals surface area contributed by atoms with Crippen LogP contribution >= 0.6 is 23.2 Å². The van der Waals surface area contributed by atoms with Crippen LogP contribution in [0.25, 0.3) is 11.3 Å². The molecule has 3 nitrogen and oxygen atoms in total. The number of halogens is 3. The summed E-state index contributed by atoms with van der Waals surface area (Å²) in [6.07, 6.45) is 1.75. The van der Waals surface area contributed by atoms with Gasteiger partial charge < -0.3 is 0 Å². The molecule has 0 saturated heterocycles. The first-order valence-electron chi connectivity index (χ1n) is 4.54. The lowest BCUT2D eigenvalue weighted by atomic mass is 10.1. The van der Waals surface area contributed by atoms with E-state index in [1.165, 1.54) is 18.5 Å². The molecule has 0 atom stereocenters. The molecule has 0 aliphatic carbocycles. The predicted octanol–water partition coefficient (Wildman–Crippen LogP) is 3.40. The van der Waals surface area contributed by atoms with E-state index in [4.69, 9.17) is 23.2 Å². The SMILES string of the molecule is O=Cc1c(Cl)ncnc1-c1ccc(F)cc1Cl. The summed E-state index contributed by atoms with van der Waals surface area (Å²) < 4.78 is 12.9. The van der Waals surface area contributed by atoms with Crippen molar-refractivity contribution in [2.75, 3.05) is 0 Å². The van der Waals surface area contributed by atoms with Crippen molar-refractivity contribution >= 4 is 29.5 Å². The molecule has 0 amide bonds. The van der Waals surface area contributed by atoms with Gasteiger partial charge in [-0.25, -0.2) is 14.4 Å². The van der Waals surface area contributed by atoms with E-state index >= 15 is 0 Å². The highest BCUT2D eigenvalue weighted by Gasteiger charge is 2.14. The number of benzene rings is 1. The van der Waals surface area contributed by atoms with Crippen molar-refractivity contribution in [1.82, 2.24) is 9.97 Å². The van der Waals surface area contributed by atoms with Gasteiger partial charge in [-0.3, -0.25) is 4.79 Å². The zero-order chi connectivity index (χ0) is 12.4. The largest absolute Gasteiger partial charge is 0.298 e. The standard InChI is InChI=1S/C11H5Cl2FN2O/c12-9-3-6(14)1-2-7(9)10-8(4-17)11(13)16-5-15-10/h1-5H. The van der Waals surface area contributed by atoms with Crippen LogP contribution in [0, 0.1) is 5.82 Å². The molecule has 1 aromatic carbocycles. The lowest BCUT2D eigenvalue weighted by Crippen LogP contribution is -1.96. The Kier molecular flexibility index (Phi) is 3.36. The lowest BCUT2D eigenvalue weighted by Gasteiger charge is -2.06. The molecule has 0 spiro atoms. The number of rotatable bonds is 2.